The van der Waals surface area contributed by atoms with Gasteiger partial charge < -0.3 is 9.30 Å². The Bertz CT molecular complexity index is 597. The molecule has 0 bridgehead atoms. The van der Waals surface area contributed by atoms with E-state index in [-0.39, 0.29) is 5.56 Å². The third-order valence-electron chi connectivity index (χ3n) is 3.20. The van der Waals surface area contributed by atoms with E-state index in [2.05, 4.69) is 38.1 Å². The Morgan fingerprint density at radius 1 is 1.16 bits per heavy atom. The van der Waals surface area contributed by atoms with Gasteiger partial charge in [0.05, 0.1) is 13.7 Å². The van der Waals surface area contributed by atoms with Crippen LogP contribution in [0.3, 0.4) is 0 Å². The largest absolute Gasteiger partial charge is 0.491 e. The summed E-state index contributed by atoms with van der Waals surface area (Å²) in [5.41, 5.74) is 2.32. The van der Waals surface area contributed by atoms with Gasteiger partial charge in [0, 0.05) is 6.20 Å². The molecule has 0 N–H and O–H groups in total. The van der Waals surface area contributed by atoms with Crippen LogP contribution in [-0.4, -0.2) is 11.7 Å². The van der Waals surface area contributed by atoms with Gasteiger partial charge in [-0.1, -0.05) is 38.1 Å². The first-order chi connectivity index (χ1) is 9.11. The summed E-state index contributed by atoms with van der Waals surface area (Å²) in [5.74, 6) is 0.898. The summed E-state index contributed by atoms with van der Waals surface area (Å²) in [7, 11) is 1.51. The first-order valence-electron chi connectivity index (χ1n) is 6.44. The highest BCUT2D eigenvalue weighted by Gasteiger charge is 2.04. The Labute approximate surface area is 113 Å². The van der Waals surface area contributed by atoms with Gasteiger partial charge in [-0.25, -0.2) is 0 Å². The Kier molecular flexibility index (Phi) is 4.05. The highest BCUT2D eigenvalue weighted by atomic mass is 16.5. The number of rotatable bonds is 4. The SMILES string of the molecule is COc1cccn(Cc2ccc(C(C)C)cc2)c1=O. The first-order valence-corrected chi connectivity index (χ1v) is 6.44. The zero-order valence-electron chi connectivity index (χ0n) is 11.6. The molecule has 3 heteroatoms. The highest BCUT2D eigenvalue weighted by Crippen LogP contribution is 2.15. The number of ether oxygens (including phenoxy) is 1. The maximum absolute atomic E-state index is 12.0. The van der Waals surface area contributed by atoms with Gasteiger partial charge in [0.2, 0.25) is 0 Å². The molecule has 0 aliphatic rings. The van der Waals surface area contributed by atoms with E-state index >= 15 is 0 Å². The molecule has 0 unspecified atom stereocenters. The molecular formula is C16H19NO2. The predicted octanol–water partition coefficient (Wildman–Crippen LogP) is 3.03. The van der Waals surface area contributed by atoms with Crippen molar-refractivity contribution in [2.75, 3.05) is 7.11 Å². The molecule has 0 spiro atoms. The maximum Gasteiger partial charge on any atom is 0.293 e. The predicted molar refractivity (Wildman–Crippen MR) is 76.9 cm³/mol. The van der Waals surface area contributed by atoms with Gasteiger partial charge in [-0.05, 0) is 29.2 Å². The first kappa shape index (κ1) is 13.4. The molecule has 0 aliphatic carbocycles. The van der Waals surface area contributed by atoms with Crippen LogP contribution in [0.25, 0.3) is 0 Å². The second-order valence-corrected chi connectivity index (χ2v) is 4.91. The van der Waals surface area contributed by atoms with Crippen LogP contribution >= 0.6 is 0 Å². The standard InChI is InChI=1S/C16H19NO2/c1-12(2)14-8-6-13(7-9-14)11-17-10-4-5-15(19-3)16(17)18/h4-10,12H,11H2,1-3H3. The number of hydrogen-bond acceptors (Lipinski definition) is 2. The van der Waals surface area contributed by atoms with Gasteiger partial charge in [0.1, 0.15) is 0 Å². The molecule has 0 saturated heterocycles. The molecule has 0 saturated carbocycles. The molecule has 0 aliphatic heterocycles. The van der Waals surface area contributed by atoms with E-state index in [1.54, 1.807) is 16.8 Å². The highest BCUT2D eigenvalue weighted by molar-refractivity contribution is 5.25. The van der Waals surface area contributed by atoms with E-state index in [1.165, 1.54) is 12.7 Å². The van der Waals surface area contributed by atoms with Crippen LogP contribution in [0, 0.1) is 0 Å². The van der Waals surface area contributed by atoms with Crippen LogP contribution in [0.4, 0.5) is 0 Å². The molecule has 2 rings (SSSR count). The number of aromatic nitrogens is 1. The average Bonchev–Trinajstić information content (AvgIpc) is 2.42. The number of benzene rings is 1. The fourth-order valence-corrected chi connectivity index (χ4v) is 2.00. The third-order valence-corrected chi connectivity index (χ3v) is 3.20. The molecule has 3 nitrogen and oxygen atoms in total. The number of methoxy groups -OCH3 is 1. The van der Waals surface area contributed by atoms with Crippen molar-refractivity contribution in [2.24, 2.45) is 0 Å². The molecule has 1 aromatic heterocycles. The van der Waals surface area contributed by atoms with Gasteiger partial charge in [-0.3, -0.25) is 4.79 Å². The summed E-state index contributed by atoms with van der Waals surface area (Å²) < 4.78 is 6.70. The fraction of sp³-hybridized carbons (Fsp3) is 0.312. The summed E-state index contributed by atoms with van der Waals surface area (Å²) in [6.07, 6.45) is 1.78. The minimum atomic E-state index is -0.0991. The van der Waals surface area contributed by atoms with E-state index in [9.17, 15) is 4.79 Å². The van der Waals surface area contributed by atoms with E-state index in [0.29, 0.717) is 18.2 Å². The fourth-order valence-electron chi connectivity index (χ4n) is 2.00. The van der Waals surface area contributed by atoms with Crippen LogP contribution in [-0.2, 0) is 6.54 Å². The molecule has 1 aromatic carbocycles. The summed E-state index contributed by atoms with van der Waals surface area (Å²) >= 11 is 0. The molecule has 0 fully saturated rings. The molecule has 0 radical (unpaired) electrons. The molecule has 19 heavy (non-hydrogen) atoms. The normalized spacial score (nSPS) is 10.7. The second kappa shape index (κ2) is 5.74. The van der Waals surface area contributed by atoms with Crippen molar-refractivity contribution in [3.05, 3.63) is 64.1 Å². The molecule has 100 valence electrons. The Balaban J connectivity index is 2.24. The van der Waals surface area contributed by atoms with Gasteiger partial charge in [-0.15, -0.1) is 0 Å². The van der Waals surface area contributed by atoms with E-state index < -0.39 is 0 Å². The van der Waals surface area contributed by atoms with Crippen LogP contribution in [0.1, 0.15) is 30.9 Å². The van der Waals surface area contributed by atoms with Crippen molar-refractivity contribution in [2.45, 2.75) is 26.3 Å². The molecule has 2 aromatic rings. The monoisotopic (exact) mass is 257 g/mol. The van der Waals surface area contributed by atoms with Gasteiger partial charge in [0.25, 0.3) is 5.56 Å². The van der Waals surface area contributed by atoms with E-state index in [4.69, 9.17) is 4.74 Å². The van der Waals surface area contributed by atoms with Crippen LogP contribution in [0.5, 0.6) is 5.75 Å². The average molecular weight is 257 g/mol. The quantitative estimate of drug-likeness (QED) is 0.843. The third kappa shape index (κ3) is 3.05. The van der Waals surface area contributed by atoms with Crippen molar-refractivity contribution in [1.29, 1.82) is 0 Å². The zero-order chi connectivity index (χ0) is 13.8. The molecule has 0 amide bonds. The smallest absolute Gasteiger partial charge is 0.293 e. The topological polar surface area (TPSA) is 31.2 Å². The number of hydrogen-bond donors (Lipinski definition) is 0. The van der Waals surface area contributed by atoms with Crippen molar-refractivity contribution in [3.63, 3.8) is 0 Å². The lowest BCUT2D eigenvalue weighted by atomic mass is 10.0. The summed E-state index contributed by atoms with van der Waals surface area (Å²) in [5, 5.41) is 0. The second-order valence-electron chi connectivity index (χ2n) is 4.91. The lowest BCUT2D eigenvalue weighted by Gasteiger charge is -2.09. The van der Waals surface area contributed by atoms with E-state index in [0.717, 1.165) is 5.56 Å². The van der Waals surface area contributed by atoms with Crippen LogP contribution in [0.15, 0.2) is 47.4 Å². The molecule has 1 heterocycles. The Morgan fingerprint density at radius 2 is 1.84 bits per heavy atom. The van der Waals surface area contributed by atoms with Gasteiger partial charge >= 0.3 is 0 Å². The van der Waals surface area contributed by atoms with Crippen molar-refractivity contribution >= 4 is 0 Å². The van der Waals surface area contributed by atoms with Crippen molar-refractivity contribution in [3.8, 4) is 5.75 Å². The Morgan fingerprint density at radius 3 is 2.42 bits per heavy atom. The zero-order valence-corrected chi connectivity index (χ0v) is 11.6. The number of nitrogens with zero attached hydrogens (tertiary/aromatic N) is 1. The lowest BCUT2D eigenvalue weighted by Crippen LogP contribution is -2.20. The minimum Gasteiger partial charge on any atom is -0.491 e. The van der Waals surface area contributed by atoms with Crippen LogP contribution in [0.2, 0.25) is 0 Å². The molecular weight excluding hydrogens is 238 g/mol. The summed E-state index contributed by atoms with van der Waals surface area (Å²) in [6, 6.07) is 11.9. The molecule has 0 atom stereocenters. The van der Waals surface area contributed by atoms with E-state index in [1.807, 2.05) is 6.07 Å². The summed E-state index contributed by atoms with van der Waals surface area (Å²) in [4.78, 5) is 12.0. The lowest BCUT2D eigenvalue weighted by molar-refractivity contribution is 0.403. The van der Waals surface area contributed by atoms with Gasteiger partial charge in [-0.2, -0.15) is 0 Å². The van der Waals surface area contributed by atoms with Crippen molar-refractivity contribution < 1.29 is 4.74 Å². The minimum absolute atomic E-state index is 0.0991. The summed E-state index contributed by atoms with van der Waals surface area (Å²) in [6.45, 7) is 4.90. The van der Waals surface area contributed by atoms with Crippen molar-refractivity contribution in [1.82, 2.24) is 4.57 Å². The van der Waals surface area contributed by atoms with Gasteiger partial charge in [0.15, 0.2) is 5.75 Å². The van der Waals surface area contributed by atoms with Crippen LogP contribution < -0.4 is 10.3 Å². The number of pyridine rings is 1. The Hall–Kier alpha value is -2.03. The maximum atomic E-state index is 12.0.